The van der Waals surface area contributed by atoms with Gasteiger partial charge in [0.2, 0.25) is 0 Å². The second-order valence-electron chi connectivity index (χ2n) is 2.21. The Morgan fingerprint density at radius 3 is 2.62 bits per heavy atom. The van der Waals surface area contributed by atoms with Crippen LogP contribution in [0.4, 0.5) is 8.78 Å². The SMILES string of the molecule is COC(=O)c1c(Cl)ccc(F)c1F. The van der Waals surface area contributed by atoms with Gasteiger partial charge in [0, 0.05) is 0 Å². The molecule has 70 valence electrons. The molecule has 0 atom stereocenters. The first kappa shape index (κ1) is 9.92. The lowest BCUT2D eigenvalue weighted by molar-refractivity contribution is 0.0594. The van der Waals surface area contributed by atoms with Crippen molar-refractivity contribution < 1.29 is 18.3 Å². The third kappa shape index (κ3) is 1.78. The van der Waals surface area contributed by atoms with Gasteiger partial charge in [0.05, 0.1) is 12.1 Å². The number of halogens is 3. The van der Waals surface area contributed by atoms with Gasteiger partial charge in [-0.3, -0.25) is 0 Å². The number of hydrogen-bond acceptors (Lipinski definition) is 2. The van der Waals surface area contributed by atoms with Crippen LogP contribution in [0.3, 0.4) is 0 Å². The van der Waals surface area contributed by atoms with Crippen LogP contribution >= 0.6 is 11.6 Å². The van der Waals surface area contributed by atoms with Crippen LogP contribution in [0.2, 0.25) is 5.02 Å². The molecule has 13 heavy (non-hydrogen) atoms. The summed E-state index contributed by atoms with van der Waals surface area (Å²) < 4.78 is 29.8. The van der Waals surface area contributed by atoms with E-state index in [0.717, 1.165) is 19.2 Å². The molecule has 0 radical (unpaired) electrons. The van der Waals surface area contributed by atoms with Gasteiger partial charge in [0.25, 0.3) is 0 Å². The number of carbonyl (C=O) groups excluding carboxylic acids is 1. The van der Waals surface area contributed by atoms with E-state index in [9.17, 15) is 13.6 Å². The van der Waals surface area contributed by atoms with Crippen molar-refractivity contribution in [2.75, 3.05) is 7.11 Å². The summed E-state index contributed by atoms with van der Waals surface area (Å²) in [4.78, 5) is 10.9. The zero-order valence-electron chi connectivity index (χ0n) is 6.61. The van der Waals surface area contributed by atoms with Crippen molar-refractivity contribution in [2.24, 2.45) is 0 Å². The summed E-state index contributed by atoms with van der Waals surface area (Å²) in [5.41, 5.74) is -0.579. The molecule has 0 aromatic heterocycles. The molecule has 0 fully saturated rings. The van der Waals surface area contributed by atoms with Gasteiger partial charge in [-0.05, 0) is 12.1 Å². The number of methoxy groups -OCH3 is 1. The molecule has 0 N–H and O–H groups in total. The fourth-order valence-corrected chi connectivity index (χ4v) is 1.04. The van der Waals surface area contributed by atoms with Gasteiger partial charge in [-0.25, -0.2) is 13.6 Å². The highest BCUT2D eigenvalue weighted by molar-refractivity contribution is 6.33. The molecule has 0 saturated carbocycles. The van der Waals surface area contributed by atoms with Crippen molar-refractivity contribution in [1.82, 2.24) is 0 Å². The molecule has 0 aliphatic rings. The molecule has 1 aromatic rings. The van der Waals surface area contributed by atoms with Crippen LogP contribution in [-0.2, 0) is 4.74 Å². The predicted octanol–water partition coefficient (Wildman–Crippen LogP) is 2.40. The van der Waals surface area contributed by atoms with Crippen LogP contribution in [0.15, 0.2) is 12.1 Å². The highest BCUT2D eigenvalue weighted by Crippen LogP contribution is 2.21. The molecule has 0 aliphatic carbocycles. The van der Waals surface area contributed by atoms with Crippen molar-refractivity contribution in [3.63, 3.8) is 0 Å². The molecule has 0 heterocycles. The Hall–Kier alpha value is -1.16. The number of hydrogen-bond donors (Lipinski definition) is 0. The average molecular weight is 207 g/mol. The lowest BCUT2D eigenvalue weighted by atomic mass is 10.2. The summed E-state index contributed by atoms with van der Waals surface area (Å²) in [5.74, 6) is -3.42. The van der Waals surface area contributed by atoms with E-state index in [1.165, 1.54) is 0 Å². The van der Waals surface area contributed by atoms with Gasteiger partial charge >= 0.3 is 5.97 Å². The lowest BCUT2D eigenvalue weighted by Crippen LogP contribution is -2.06. The van der Waals surface area contributed by atoms with Crippen LogP contribution in [0, 0.1) is 11.6 Å². The smallest absolute Gasteiger partial charge is 0.342 e. The van der Waals surface area contributed by atoms with E-state index < -0.39 is 23.2 Å². The van der Waals surface area contributed by atoms with Crippen LogP contribution in [-0.4, -0.2) is 13.1 Å². The van der Waals surface area contributed by atoms with Gasteiger partial charge in [-0.15, -0.1) is 0 Å². The summed E-state index contributed by atoms with van der Waals surface area (Å²) >= 11 is 5.47. The minimum absolute atomic E-state index is 0.175. The summed E-state index contributed by atoms with van der Waals surface area (Å²) in [7, 11) is 1.06. The Morgan fingerprint density at radius 1 is 1.46 bits per heavy atom. The summed E-state index contributed by atoms with van der Waals surface area (Å²) in [6, 6.07) is 1.93. The maximum atomic E-state index is 12.9. The quantitative estimate of drug-likeness (QED) is 0.521. The first-order valence-electron chi connectivity index (χ1n) is 3.29. The standard InChI is InChI=1S/C8H5ClF2O2/c1-13-8(12)6-4(9)2-3-5(10)7(6)11/h2-3H,1H3. The maximum absolute atomic E-state index is 12.9. The minimum atomic E-state index is -1.29. The molecule has 0 amide bonds. The molecule has 0 unspecified atom stereocenters. The molecular formula is C8H5ClF2O2. The number of esters is 1. The van der Waals surface area contributed by atoms with E-state index in [1.54, 1.807) is 0 Å². The number of benzene rings is 1. The van der Waals surface area contributed by atoms with Gasteiger partial charge in [-0.2, -0.15) is 0 Å². The summed E-state index contributed by atoms with van der Waals surface area (Å²) in [6.45, 7) is 0. The molecule has 0 spiro atoms. The van der Waals surface area contributed by atoms with Crippen LogP contribution in [0.25, 0.3) is 0 Å². The maximum Gasteiger partial charge on any atom is 0.342 e. The largest absolute Gasteiger partial charge is 0.465 e. The monoisotopic (exact) mass is 206 g/mol. The van der Waals surface area contributed by atoms with E-state index in [1.807, 2.05) is 0 Å². The molecule has 0 aliphatic heterocycles. The normalized spacial score (nSPS) is 9.85. The fraction of sp³-hybridized carbons (Fsp3) is 0.125. The molecule has 0 bridgehead atoms. The van der Waals surface area contributed by atoms with Crippen molar-refractivity contribution >= 4 is 17.6 Å². The van der Waals surface area contributed by atoms with Gasteiger partial charge in [0.1, 0.15) is 5.56 Å². The Morgan fingerprint density at radius 2 is 2.08 bits per heavy atom. The third-order valence-electron chi connectivity index (χ3n) is 1.43. The first-order chi connectivity index (χ1) is 6.07. The highest BCUT2D eigenvalue weighted by Gasteiger charge is 2.19. The van der Waals surface area contributed by atoms with Gasteiger partial charge in [-0.1, -0.05) is 11.6 Å². The van der Waals surface area contributed by atoms with E-state index in [2.05, 4.69) is 4.74 Å². The Bertz CT molecular complexity index is 352. The molecule has 5 heteroatoms. The van der Waals surface area contributed by atoms with Crippen LogP contribution in [0.5, 0.6) is 0 Å². The third-order valence-corrected chi connectivity index (χ3v) is 1.75. The van der Waals surface area contributed by atoms with Crippen molar-refractivity contribution in [2.45, 2.75) is 0 Å². The second kappa shape index (κ2) is 3.70. The van der Waals surface area contributed by atoms with Crippen molar-refractivity contribution in [3.8, 4) is 0 Å². The summed E-state index contributed by atoms with van der Waals surface area (Å²) in [6.07, 6.45) is 0. The van der Waals surface area contributed by atoms with Gasteiger partial charge in [0.15, 0.2) is 11.6 Å². The molecular weight excluding hydrogens is 202 g/mol. The Labute approximate surface area is 78.1 Å². The fourth-order valence-electron chi connectivity index (χ4n) is 0.816. The van der Waals surface area contributed by atoms with E-state index >= 15 is 0 Å². The molecule has 2 nitrogen and oxygen atoms in total. The average Bonchev–Trinajstić information content (AvgIpc) is 2.12. The second-order valence-corrected chi connectivity index (χ2v) is 2.62. The highest BCUT2D eigenvalue weighted by atomic mass is 35.5. The molecule has 1 rings (SSSR count). The summed E-state index contributed by atoms with van der Waals surface area (Å²) in [5, 5.41) is -0.175. The number of rotatable bonds is 1. The predicted molar refractivity (Wildman–Crippen MR) is 42.7 cm³/mol. The lowest BCUT2D eigenvalue weighted by Gasteiger charge is -2.03. The Balaban J connectivity index is 3.33. The topological polar surface area (TPSA) is 26.3 Å². The van der Waals surface area contributed by atoms with E-state index in [4.69, 9.17) is 11.6 Å². The minimum Gasteiger partial charge on any atom is -0.465 e. The zero-order valence-corrected chi connectivity index (χ0v) is 7.36. The first-order valence-corrected chi connectivity index (χ1v) is 3.67. The molecule has 0 saturated heterocycles. The van der Waals surface area contributed by atoms with E-state index in [-0.39, 0.29) is 5.02 Å². The van der Waals surface area contributed by atoms with Crippen molar-refractivity contribution in [3.05, 3.63) is 34.4 Å². The van der Waals surface area contributed by atoms with Crippen LogP contribution < -0.4 is 0 Å². The molecule has 1 aromatic carbocycles. The Kier molecular flexibility index (Phi) is 2.83. The van der Waals surface area contributed by atoms with Gasteiger partial charge < -0.3 is 4.74 Å². The zero-order chi connectivity index (χ0) is 10.0. The van der Waals surface area contributed by atoms with Crippen molar-refractivity contribution in [1.29, 1.82) is 0 Å². The number of carbonyl (C=O) groups is 1. The van der Waals surface area contributed by atoms with Crippen LogP contribution in [0.1, 0.15) is 10.4 Å². The number of ether oxygens (including phenoxy) is 1. The van der Waals surface area contributed by atoms with E-state index in [0.29, 0.717) is 0 Å².